The molecule has 0 aromatic carbocycles. The molecule has 1 aliphatic heterocycles. The standard InChI is InChI=1S/C14H26N2O/c1-2-16(11-13-8-3-4-9-15-13)14(17)10-12-6-5-7-12/h12-13,15H,2-11H2,1H3. The zero-order valence-corrected chi connectivity index (χ0v) is 11.1. The minimum absolute atomic E-state index is 0.379. The molecule has 1 unspecified atom stereocenters. The third-order valence-electron chi connectivity index (χ3n) is 4.28. The Morgan fingerprint density at radius 2 is 2.06 bits per heavy atom. The maximum absolute atomic E-state index is 12.1. The Morgan fingerprint density at radius 3 is 2.59 bits per heavy atom. The lowest BCUT2D eigenvalue weighted by atomic mass is 9.82. The number of rotatable bonds is 5. The number of hydrogen-bond donors (Lipinski definition) is 1. The number of carbonyl (C=O) groups excluding carboxylic acids is 1. The van der Waals surface area contributed by atoms with Crippen LogP contribution in [0.3, 0.4) is 0 Å². The van der Waals surface area contributed by atoms with Gasteiger partial charge in [-0.05, 0) is 45.1 Å². The van der Waals surface area contributed by atoms with Gasteiger partial charge in [-0.2, -0.15) is 0 Å². The van der Waals surface area contributed by atoms with Crippen molar-refractivity contribution in [2.75, 3.05) is 19.6 Å². The van der Waals surface area contributed by atoms with Crippen LogP contribution in [0.25, 0.3) is 0 Å². The number of nitrogens with one attached hydrogen (secondary N) is 1. The Bertz CT molecular complexity index is 245. The Kier molecular flexibility index (Phi) is 4.84. The Labute approximate surface area is 105 Å². The van der Waals surface area contributed by atoms with Crippen molar-refractivity contribution in [1.29, 1.82) is 0 Å². The van der Waals surface area contributed by atoms with Crippen molar-refractivity contribution in [2.45, 2.75) is 57.9 Å². The van der Waals surface area contributed by atoms with Gasteiger partial charge in [-0.3, -0.25) is 4.79 Å². The minimum Gasteiger partial charge on any atom is -0.341 e. The van der Waals surface area contributed by atoms with Crippen molar-refractivity contribution in [3.63, 3.8) is 0 Å². The van der Waals surface area contributed by atoms with E-state index in [1.54, 1.807) is 0 Å². The third kappa shape index (κ3) is 3.70. The molecule has 1 saturated heterocycles. The fraction of sp³-hybridized carbons (Fsp3) is 0.929. The highest BCUT2D eigenvalue weighted by Crippen LogP contribution is 2.29. The molecular formula is C14H26N2O. The quantitative estimate of drug-likeness (QED) is 0.796. The molecule has 0 radical (unpaired) electrons. The van der Waals surface area contributed by atoms with E-state index < -0.39 is 0 Å². The monoisotopic (exact) mass is 238 g/mol. The topological polar surface area (TPSA) is 32.3 Å². The van der Waals surface area contributed by atoms with E-state index in [1.807, 2.05) is 0 Å². The predicted molar refractivity (Wildman–Crippen MR) is 69.9 cm³/mol. The number of nitrogens with zero attached hydrogens (tertiary/aromatic N) is 1. The van der Waals surface area contributed by atoms with Gasteiger partial charge in [-0.15, -0.1) is 0 Å². The van der Waals surface area contributed by atoms with E-state index in [0.717, 1.165) is 26.1 Å². The molecule has 98 valence electrons. The van der Waals surface area contributed by atoms with Gasteiger partial charge in [0, 0.05) is 25.6 Å². The molecule has 2 fully saturated rings. The molecule has 1 saturated carbocycles. The number of hydrogen-bond acceptors (Lipinski definition) is 2. The van der Waals surface area contributed by atoms with Crippen LogP contribution in [0, 0.1) is 5.92 Å². The molecule has 1 atom stereocenters. The highest BCUT2D eigenvalue weighted by Gasteiger charge is 2.25. The Balaban J connectivity index is 1.75. The Morgan fingerprint density at radius 1 is 1.24 bits per heavy atom. The summed E-state index contributed by atoms with van der Waals surface area (Å²) >= 11 is 0. The van der Waals surface area contributed by atoms with Crippen molar-refractivity contribution in [2.24, 2.45) is 5.92 Å². The van der Waals surface area contributed by atoms with Gasteiger partial charge in [0.15, 0.2) is 0 Å². The van der Waals surface area contributed by atoms with Crippen molar-refractivity contribution in [1.82, 2.24) is 10.2 Å². The first-order valence-corrected chi connectivity index (χ1v) is 7.30. The molecule has 0 aromatic rings. The maximum Gasteiger partial charge on any atom is 0.222 e. The van der Waals surface area contributed by atoms with Crippen LogP contribution < -0.4 is 5.32 Å². The van der Waals surface area contributed by atoms with Crippen molar-refractivity contribution in [3.05, 3.63) is 0 Å². The lowest BCUT2D eigenvalue weighted by Crippen LogP contribution is -2.46. The van der Waals surface area contributed by atoms with Crippen molar-refractivity contribution in [3.8, 4) is 0 Å². The fourth-order valence-electron chi connectivity index (χ4n) is 2.83. The second-order valence-corrected chi connectivity index (χ2v) is 5.58. The van der Waals surface area contributed by atoms with E-state index in [2.05, 4.69) is 17.1 Å². The maximum atomic E-state index is 12.1. The van der Waals surface area contributed by atoms with E-state index in [4.69, 9.17) is 0 Å². The van der Waals surface area contributed by atoms with Crippen molar-refractivity contribution < 1.29 is 4.79 Å². The second kappa shape index (κ2) is 6.39. The van der Waals surface area contributed by atoms with E-state index in [0.29, 0.717) is 17.9 Å². The molecule has 0 spiro atoms. The molecule has 2 aliphatic rings. The summed E-state index contributed by atoms with van der Waals surface area (Å²) in [6, 6.07) is 0.536. The number of likely N-dealkylation sites (N-methyl/N-ethyl adjacent to an activating group) is 1. The first-order chi connectivity index (χ1) is 8.29. The van der Waals surface area contributed by atoms with Gasteiger partial charge in [0.25, 0.3) is 0 Å². The van der Waals surface area contributed by atoms with Crippen LogP contribution in [-0.4, -0.2) is 36.5 Å². The highest BCUT2D eigenvalue weighted by molar-refractivity contribution is 5.76. The average Bonchev–Trinajstić information content (AvgIpc) is 2.32. The summed E-state index contributed by atoms with van der Waals surface area (Å²) in [5, 5.41) is 3.53. The summed E-state index contributed by atoms with van der Waals surface area (Å²) in [6.45, 7) is 5.01. The molecule has 3 nitrogen and oxygen atoms in total. The van der Waals surface area contributed by atoms with Gasteiger partial charge < -0.3 is 10.2 Å². The summed E-state index contributed by atoms with van der Waals surface area (Å²) in [5.41, 5.74) is 0. The third-order valence-corrected chi connectivity index (χ3v) is 4.28. The normalized spacial score (nSPS) is 25.4. The molecule has 1 amide bonds. The van der Waals surface area contributed by atoms with E-state index in [9.17, 15) is 4.79 Å². The molecule has 1 heterocycles. The first kappa shape index (κ1) is 12.9. The summed E-state index contributed by atoms with van der Waals surface area (Å²) in [5.74, 6) is 1.07. The molecule has 1 N–H and O–H groups in total. The largest absolute Gasteiger partial charge is 0.341 e. The Hall–Kier alpha value is -0.570. The average molecular weight is 238 g/mol. The molecule has 0 aromatic heterocycles. The van der Waals surface area contributed by atoms with Gasteiger partial charge in [0.2, 0.25) is 5.91 Å². The summed E-state index contributed by atoms with van der Waals surface area (Å²) in [6.07, 6.45) is 8.49. The van der Waals surface area contributed by atoms with E-state index in [-0.39, 0.29) is 0 Å². The van der Waals surface area contributed by atoms with Gasteiger partial charge in [0.1, 0.15) is 0 Å². The fourth-order valence-corrected chi connectivity index (χ4v) is 2.83. The van der Waals surface area contributed by atoms with E-state index in [1.165, 1.54) is 38.5 Å². The second-order valence-electron chi connectivity index (χ2n) is 5.58. The molecule has 2 rings (SSSR count). The lowest BCUT2D eigenvalue weighted by molar-refractivity contribution is -0.133. The van der Waals surface area contributed by atoms with Crippen LogP contribution in [-0.2, 0) is 4.79 Å². The van der Waals surface area contributed by atoms with Crippen LogP contribution in [0.2, 0.25) is 0 Å². The van der Waals surface area contributed by atoms with Crippen LogP contribution in [0.5, 0.6) is 0 Å². The summed E-state index contributed by atoms with van der Waals surface area (Å²) < 4.78 is 0. The van der Waals surface area contributed by atoms with Crippen LogP contribution in [0.15, 0.2) is 0 Å². The molecule has 17 heavy (non-hydrogen) atoms. The molecule has 3 heteroatoms. The zero-order valence-electron chi connectivity index (χ0n) is 11.1. The number of amides is 1. The summed E-state index contributed by atoms with van der Waals surface area (Å²) in [7, 11) is 0. The van der Waals surface area contributed by atoms with Crippen LogP contribution in [0.1, 0.15) is 51.9 Å². The lowest BCUT2D eigenvalue weighted by Gasteiger charge is -2.32. The zero-order chi connectivity index (χ0) is 12.1. The van der Waals surface area contributed by atoms with Gasteiger partial charge in [-0.25, -0.2) is 0 Å². The predicted octanol–water partition coefficient (Wildman–Crippen LogP) is 2.17. The van der Waals surface area contributed by atoms with Gasteiger partial charge >= 0.3 is 0 Å². The number of piperidine rings is 1. The molecular weight excluding hydrogens is 212 g/mol. The van der Waals surface area contributed by atoms with Crippen LogP contribution in [0.4, 0.5) is 0 Å². The summed E-state index contributed by atoms with van der Waals surface area (Å²) in [4.78, 5) is 14.2. The highest BCUT2D eigenvalue weighted by atomic mass is 16.2. The smallest absolute Gasteiger partial charge is 0.222 e. The first-order valence-electron chi connectivity index (χ1n) is 7.30. The van der Waals surface area contributed by atoms with Gasteiger partial charge in [-0.1, -0.05) is 12.8 Å². The van der Waals surface area contributed by atoms with Crippen molar-refractivity contribution >= 4 is 5.91 Å². The molecule has 1 aliphatic carbocycles. The van der Waals surface area contributed by atoms with Crippen LogP contribution >= 0.6 is 0 Å². The van der Waals surface area contributed by atoms with E-state index >= 15 is 0 Å². The minimum atomic E-state index is 0.379. The van der Waals surface area contributed by atoms with Gasteiger partial charge in [0.05, 0.1) is 0 Å². The number of carbonyl (C=O) groups is 1. The molecule has 0 bridgehead atoms. The SMILES string of the molecule is CCN(CC1CCCCN1)C(=O)CC1CCC1.